The standard InChI is InChI=1S/C21H19FN2O4/c1-2-27-17-11-9-16(10-12-17)23-20(25)18-7-5-13-24(21(18)26)28-14-15-6-3-4-8-19(15)22/h3-13H,2,14H2,1H3,(H,23,25). The highest BCUT2D eigenvalue weighted by molar-refractivity contribution is 6.03. The molecule has 0 aliphatic heterocycles. The minimum absolute atomic E-state index is 0.0927. The maximum absolute atomic E-state index is 13.7. The van der Waals surface area contributed by atoms with Crippen molar-refractivity contribution in [2.75, 3.05) is 11.9 Å². The number of nitrogens with zero attached hydrogens (tertiary/aromatic N) is 1. The maximum Gasteiger partial charge on any atom is 0.295 e. The molecule has 28 heavy (non-hydrogen) atoms. The molecule has 1 amide bonds. The van der Waals surface area contributed by atoms with Crippen LogP contribution in [0.1, 0.15) is 22.8 Å². The zero-order valence-corrected chi connectivity index (χ0v) is 15.2. The quantitative estimate of drug-likeness (QED) is 0.681. The predicted octanol–water partition coefficient (Wildman–Crippen LogP) is 3.27. The van der Waals surface area contributed by atoms with Crippen molar-refractivity contribution in [3.05, 3.63) is 94.2 Å². The van der Waals surface area contributed by atoms with E-state index in [9.17, 15) is 14.0 Å². The van der Waals surface area contributed by atoms with Crippen LogP contribution in [-0.2, 0) is 6.61 Å². The number of benzene rings is 2. The first-order valence-corrected chi connectivity index (χ1v) is 8.71. The van der Waals surface area contributed by atoms with Crippen LogP contribution in [0.3, 0.4) is 0 Å². The summed E-state index contributed by atoms with van der Waals surface area (Å²) in [6.45, 7) is 2.28. The van der Waals surface area contributed by atoms with Crippen LogP contribution in [0.25, 0.3) is 0 Å². The van der Waals surface area contributed by atoms with E-state index in [4.69, 9.17) is 9.57 Å². The van der Waals surface area contributed by atoms with E-state index in [1.54, 1.807) is 42.5 Å². The Morgan fingerprint density at radius 3 is 2.54 bits per heavy atom. The molecular weight excluding hydrogens is 363 g/mol. The largest absolute Gasteiger partial charge is 0.494 e. The van der Waals surface area contributed by atoms with Gasteiger partial charge in [-0.2, -0.15) is 4.73 Å². The van der Waals surface area contributed by atoms with Gasteiger partial charge in [0.2, 0.25) is 0 Å². The van der Waals surface area contributed by atoms with Gasteiger partial charge in [-0.15, -0.1) is 0 Å². The molecule has 144 valence electrons. The van der Waals surface area contributed by atoms with Crippen molar-refractivity contribution >= 4 is 11.6 Å². The number of carbonyl (C=O) groups excluding carboxylic acids is 1. The minimum Gasteiger partial charge on any atom is -0.494 e. The zero-order valence-electron chi connectivity index (χ0n) is 15.2. The highest BCUT2D eigenvalue weighted by Gasteiger charge is 2.13. The van der Waals surface area contributed by atoms with Crippen molar-refractivity contribution in [1.82, 2.24) is 4.73 Å². The van der Waals surface area contributed by atoms with E-state index in [2.05, 4.69) is 5.32 Å². The van der Waals surface area contributed by atoms with Crippen LogP contribution >= 0.6 is 0 Å². The van der Waals surface area contributed by atoms with Gasteiger partial charge in [0, 0.05) is 17.4 Å². The number of ether oxygens (including phenoxy) is 1. The molecule has 1 aromatic heterocycles. The Kier molecular flexibility index (Phi) is 6.06. The molecular formula is C21H19FN2O4. The summed E-state index contributed by atoms with van der Waals surface area (Å²) in [6.07, 6.45) is 1.37. The Labute approximate surface area is 161 Å². The summed E-state index contributed by atoms with van der Waals surface area (Å²) in [7, 11) is 0. The highest BCUT2D eigenvalue weighted by atomic mass is 19.1. The Balaban J connectivity index is 1.72. The Bertz CT molecular complexity index is 1020. The Morgan fingerprint density at radius 1 is 1.07 bits per heavy atom. The second kappa shape index (κ2) is 8.85. The molecule has 0 saturated heterocycles. The first-order valence-electron chi connectivity index (χ1n) is 8.71. The summed E-state index contributed by atoms with van der Waals surface area (Å²) in [5.74, 6) is -0.318. The molecule has 0 radical (unpaired) electrons. The fraction of sp³-hybridized carbons (Fsp3) is 0.143. The van der Waals surface area contributed by atoms with E-state index in [1.165, 1.54) is 24.4 Å². The van der Waals surface area contributed by atoms with E-state index in [0.717, 1.165) is 4.73 Å². The Hall–Kier alpha value is -3.61. The lowest BCUT2D eigenvalue weighted by molar-refractivity contribution is 0.0847. The van der Waals surface area contributed by atoms with Crippen molar-refractivity contribution in [3.63, 3.8) is 0 Å². The van der Waals surface area contributed by atoms with Crippen LogP contribution in [0.2, 0.25) is 0 Å². The van der Waals surface area contributed by atoms with Gasteiger partial charge in [0.15, 0.2) is 0 Å². The van der Waals surface area contributed by atoms with Crippen molar-refractivity contribution in [2.24, 2.45) is 0 Å². The van der Waals surface area contributed by atoms with Gasteiger partial charge in [-0.3, -0.25) is 9.59 Å². The molecule has 0 fully saturated rings. The number of anilines is 1. The number of hydrogen-bond acceptors (Lipinski definition) is 4. The summed E-state index contributed by atoms with van der Waals surface area (Å²) in [5.41, 5.74) is 0.0985. The average molecular weight is 382 g/mol. The third-order valence-corrected chi connectivity index (χ3v) is 3.90. The number of rotatable bonds is 7. The summed E-state index contributed by atoms with van der Waals surface area (Å²) in [4.78, 5) is 30.3. The molecule has 0 spiro atoms. The molecule has 0 aliphatic rings. The fourth-order valence-corrected chi connectivity index (χ4v) is 2.50. The van der Waals surface area contributed by atoms with Crippen LogP contribution < -0.4 is 20.5 Å². The van der Waals surface area contributed by atoms with Gasteiger partial charge in [-0.05, 0) is 49.4 Å². The van der Waals surface area contributed by atoms with Crippen molar-refractivity contribution < 1.29 is 18.8 Å². The number of carbonyl (C=O) groups is 1. The fourth-order valence-electron chi connectivity index (χ4n) is 2.50. The van der Waals surface area contributed by atoms with Crippen LogP contribution in [0.15, 0.2) is 71.7 Å². The molecule has 0 atom stereocenters. The number of halogens is 1. The Morgan fingerprint density at radius 2 is 1.82 bits per heavy atom. The van der Waals surface area contributed by atoms with Crippen LogP contribution in [-0.4, -0.2) is 17.2 Å². The second-order valence-electron chi connectivity index (χ2n) is 5.83. The minimum atomic E-state index is -0.637. The molecule has 6 nitrogen and oxygen atoms in total. The predicted molar refractivity (Wildman–Crippen MR) is 103 cm³/mol. The topological polar surface area (TPSA) is 69.6 Å². The van der Waals surface area contributed by atoms with Crippen molar-refractivity contribution in [1.29, 1.82) is 0 Å². The maximum atomic E-state index is 13.7. The number of aromatic nitrogens is 1. The van der Waals surface area contributed by atoms with Gasteiger partial charge in [-0.25, -0.2) is 4.39 Å². The zero-order chi connectivity index (χ0) is 19.9. The monoisotopic (exact) mass is 382 g/mol. The third kappa shape index (κ3) is 4.56. The lowest BCUT2D eigenvalue weighted by Gasteiger charge is -2.11. The number of amides is 1. The first kappa shape index (κ1) is 19.2. The molecule has 1 N–H and O–H groups in total. The van der Waals surface area contributed by atoms with E-state index < -0.39 is 17.3 Å². The molecule has 3 aromatic rings. The highest BCUT2D eigenvalue weighted by Crippen LogP contribution is 2.16. The van der Waals surface area contributed by atoms with Crippen LogP contribution in [0, 0.1) is 5.82 Å². The number of nitrogens with one attached hydrogen (secondary N) is 1. The SMILES string of the molecule is CCOc1ccc(NC(=O)c2cccn(OCc3ccccc3F)c2=O)cc1. The smallest absolute Gasteiger partial charge is 0.295 e. The average Bonchev–Trinajstić information content (AvgIpc) is 2.70. The molecule has 1 heterocycles. The van der Waals surface area contributed by atoms with Gasteiger partial charge in [0.1, 0.15) is 23.7 Å². The lowest BCUT2D eigenvalue weighted by Crippen LogP contribution is -2.32. The molecule has 0 bridgehead atoms. The first-order chi connectivity index (χ1) is 13.6. The molecule has 0 saturated carbocycles. The summed E-state index contributed by atoms with van der Waals surface area (Å²) >= 11 is 0. The number of pyridine rings is 1. The van der Waals surface area contributed by atoms with E-state index in [-0.39, 0.29) is 12.2 Å². The van der Waals surface area contributed by atoms with Gasteiger partial charge < -0.3 is 14.9 Å². The molecule has 2 aromatic carbocycles. The third-order valence-electron chi connectivity index (χ3n) is 3.90. The van der Waals surface area contributed by atoms with Gasteiger partial charge in [0.05, 0.1) is 6.61 Å². The lowest BCUT2D eigenvalue weighted by atomic mass is 10.2. The van der Waals surface area contributed by atoms with Gasteiger partial charge >= 0.3 is 0 Å². The van der Waals surface area contributed by atoms with Crippen LogP contribution in [0.4, 0.5) is 10.1 Å². The van der Waals surface area contributed by atoms with Gasteiger partial charge in [-0.1, -0.05) is 18.2 Å². The molecule has 0 unspecified atom stereocenters. The van der Waals surface area contributed by atoms with Crippen molar-refractivity contribution in [3.8, 4) is 5.75 Å². The van der Waals surface area contributed by atoms with Gasteiger partial charge in [0.25, 0.3) is 11.5 Å². The summed E-state index contributed by atoms with van der Waals surface area (Å²) in [5, 5.41) is 2.66. The second-order valence-corrected chi connectivity index (χ2v) is 5.83. The van der Waals surface area contributed by atoms with E-state index in [0.29, 0.717) is 23.6 Å². The van der Waals surface area contributed by atoms with Crippen LogP contribution in [0.5, 0.6) is 5.75 Å². The van der Waals surface area contributed by atoms with E-state index in [1.807, 2.05) is 6.92 Å². The molecule has 3 rings (SSSR count). The summed E-state index contributed by atoms with van der Waals surface area (Å²) < 4.78 is 19.9. The normalized spacial score (nSPS) is 10.4. The molecule has 7 heteroatoms. The van der Waals surface area contributed by atoms with Crippen molar-refractivity contribution in [2.45, 2.75) is 13.5 Å². The summed E-state index contributed by atoms with van der Waals surface area (Å²) in [6, 6.07) is 15.8. The van der Waals surface area contributed by atoms with E-state index >= 15 is 0 Å². The number of hydrogen-bond donors (Lipinski definition) is 1. The molecule has 0 aliphatic carbocycles.